The number of anilines is 2. The summed E-state index contributed by atoms with van der Waals surface area (Å²) in [6.45, 7) is 0. The van der Waals surface area contributed by atoms with Gasteiger partial charge in [-0.05, 0) is 29.3 Å². The van der Waals surface area contributed by atoms with E-state index in [4.69, 9.17) is 23.1 Å². The molecule has 0 aliphatic rings. The number of nitrogen functional groups attached to an aromatic ring is 2. The molecule has 0 radical (unpaired) electrons. The van der Waals surface area contributed by atoms with Crippen molar-refractivity contribution >= 4 is 45.0 Å². The zero-order valence-electron chi connectivity index (χ0n) is 11.8. The van der Waals surface area contributed by atoms with Crippen LogP contribution in [-0.2, 0) is 0 Å². The Labute approximate surface area is 135 Å². The van der Waals surface area contributed by atoms with Crippen LogP contribution in [0.15, 0.2) is 36.4 Å². The normalized spacial score (nSPS) is 11.4. The number of fused-ring (bicyclic) bond motifs is 3. The molecule has 0 saturated carbocycles. The molecule has 23 heavy (non-hydrogen) atoms. The average molecular weight is 328 g/mol. The zero-order valence-corrected chi connectivity index (χ0v) is 12.5. The lowest BCUT2D eigenvalue weighted by molar-refractivity contribution is 0.630. The van der Waals surface area contributed by atoms with Gasteiger partial charge in [-0.25, -0.2) is 9.37 Å². The number of benzene rings is 2. The molecule has 114 valence electrons. The predicted molar refractivity (Wildman–Crippen MR) is 90.6 cm³/mol. The lowest BCUT2D eigenvalue weighted by atomic mass is 9.99. The monoisotopic (exact) mass is 327 g/mol. The third-order valence-corrected chi connectivity index (χ3v) is 4.03. The van der Waals surface area contributed by atoms with Gasteiger partial charge in [0.15, 0.2) is 5.82 Å². The smallest absolute Gasteiger partial charge is 0.156 e. The number of H-pyrrole nitrogens is 1. The highest BCUT2D eigenvalue weighted by molar-refractivity contribution is 6.30. The highest BCUT2D eigenvalue weighted by Crippen LogP contribution is 2.37. The molecule has 0 bridgehead atoms. The highest BCUT2D eigenvalue weighted by atomic mass is 35.5. The van der Waals surface area contributed by atoms with Gasteiger partial charge in [-0.2, -0.15) is 5.10 Å². The minimum Gasteiger partial charge on any atom is -0.383 e. The first kappa shape index (κ1) is 13.8. The third-order valence-electron chi connectivity index (χ3n) is 3.78. The Bertz CT molecular complexity index is 1060. The molecule has 0 fully saturated rings. The number of aromatic nitrogens is 3. The first-order valence-corrected chi connectivity index (χ1v) is 7.20. The van der Waals surface area contributed by atoms with Gasteiger partial charge in [-0.1, -0.05) is 23.7 Å². The molecule has 0 spiro atoms. The van der Waals surface area contributed by atoms with Gasteiger partial charge in [0.2, 0.25) is 0 Å². The van der Waals surface area contributed by atoms with Gasteiger partial charge in [0.05, 0.1) is 16.4 Å². The molecule has 2 aromatic heterocycles. The van der Waals surface area contributed by atoms with E-state index in [1.807, 2.05) is 12.1 Å². The molecule has 0 aliphatic heterocycles. The van der Waals surface area contributed by atoms with E-state index in [1.54, 1.807) is 12.1 Å². The van der Waals surface area contributed by atoms with Crippen molar-refractivity contribution in [2.24, 2.45) is 0 Å². The number of nitrogens with one attached hydrogen (secondary N) is 1. The Balaban J connectivity index is 2.18. The second kappa shape index (κ2) is 4.82. The Morgan fingerprint density at radius 2 is 1.74 bits per heavy atom. The maximum absolute atomic E-state index is 14.0. The van der Waals surface area contributed by atoms with Crippen molar-refractivity contribution < 1.29 is 4.39 Å². The first-order valence-electron chi connectivity index (χ1n) is 6.83. The molecular weight excluding hydrogens is 317 g/mol. The summed E-state index contributed by atoms with van der Waals surface area (Å²) in [5.41, 5.74) is 14.3. The van der Waals surface area contributed by atoms with Crippen molar-refractivity contribution in [3.63, 3.8) is 0 Å². The summed E-state index contributed by atoms with van der Waals surface area (Å²) < 4.78 is 14.0. The standard InChI is InChI=1S/C16H11ClFN5/c17-8-3-1-7(2-4-8)10-5-9(18)6-11-12(10)14-13(15(19)21-11)16(20)23-22-14/h1-6H,(H2,19,21)(H3,20,22,23). The third kappa shape index (κ3) is 2.07. The van der Waals surface area contributed by atoms with E-state index in [0.29, 0.717) is 32.4 Å². The van der Waals surface area contributed by atoms with Gasteiger partial charge in [-0.15, -0.1) is 0 Å². The van der Waals surface area contributed by atoms with Gasteiger partial charge >= 0.3 is 0 Å². The van der Waals surface area contributed by atoms with Crippen LogP contribution in [0.2, 0.25) is 5.02 Å². The number of halogens is 2. The van der Waals surface area contributed by atoms with Crippen LogP contribution < -0.4 is 11.5 Å². The van der Waals surface area contributed by atoms with Gasteiger partial charge in [0.25, 0.3) is 0 Å². The summed E-state index contributed by atoms with van der Waals surface area (Å²) in [4.78, 5) is 4.27. The summed E-state index contributed by atoms with van der Waals surface area (Å²) in [6, 6.07) is 9.91. The summed E-state index contributed by atoms with van der Waals surface area (Å²) in [7, 11) is 0. The second-order valence-electron chi connectivity index (χ2n) is 5.21. The van der Waals surface area contributed by atoms with Gasteiger partial charge in [-0.3, -0.25) is 5.10 Å². The average Bonchev–Trinajstić information content (AvgIpc) is 2.89. The van der Waals surface area contributed by atoms with E-state index >= 15 is 0 Å². The summed E-state index contributed by atoms with van der Waals surface area (Å²) >= 11 is 5.93. The fraction of sp³-hybridized carbons (Fsp3) is 0. The Morgan fingerprint density at radius 1 is 1.00 bits per heavy atom. The Hall–Kier alpha value is -2.86. The molecular formula is C16H11ClFN5. The molecule has 0 aliphatic carbocycles. The van der Waals surface area contributed by atoms with Crippen LogP contribution >= 0.6 is 11.6 Å². The van der Waals surface area contributed by atoms with Gasteiger partial charge < -0.3 is 11.5 Å². The van der Waals surface area contributed by atoms with Crippen LogP contribution in [-0.4, -0.2) is 15.2 Å². The van der Waals surface area contributed by atoms with Gasteiger partial charge in [0.1, 0.15) is 11.6 Å². The van der Waals surface area contributed by atoms with Crippen molar-refractivity contribution in [3.05, 3.63) is 47.2 Å². The molecule has 4 rings (SSSR count). The molecule has 0 atom stereocenters. The topological polar surface area (TPSA) is 93.6 Å². The van der Waals surface area contributed by atoms with E-state index in [1.165, 1.54) is 12.1 Å². The second-order valence-corrected chi connectivity index (χ2v) is 5.65. The lowest BCUT2D eigenvalue weighted by Crippen LogP contribution is -1.96. The summed E-state index contributed by atoms with van der Waals surface area (Å²) in [5.74, 6) is 0.0749. The number of hydrogen-bond donors (Lipinski definition) is 3. The first-order chi connectivity index (χ1) is 11.0. The van der Waals surface area contributed by atoms with Gasteiger partial charge in [0, 0.05) is 16.5 Å². The number of aromatic amines is 1. The van der Waals surface area contributed by atoms with E-state index in [9.17, 15) is 4.39 Å². The van der Waals surface area contributed by atoms with Crippen LogP contribution in [0.1, 0.15) is 0 Å². The van der Waals surface area contributed by atoms with Crippen LogP contribution in [0.25, 0.3) is 32.9 Å². The van der Waals surface area contributed by atoms with Crippen LogP contribution in [0, 0.1) is 5.82 Å². The van der Waals surface area contributed by atoms with E-state index < -0.39 is 5.82 Å². The molecule has 0 unspecified atom stereocenters. The molecule has 0 amide bonds. The molecule has 2 aromatic carbocycles. The number of pyridine rings is 1. The van der Waals surface area contributed by atoms with Crippen molar-refractivity contribution in [2.75, 3.05) is 11.5 Å². The zero-order chi connectivity index (χ0) is 16.1. The van der Waals surface area contributed by atoms with Crippen LogP contribution in [0.4, 0.5) is 16.0 Å². The molecule has 4 aromatic rings. The van der Waals surface area contributed by atoms with E-state index in [-0.39, 0.29) is 11.6 Å². The molecule has 7 heteroatoms. The molecule has 5 N–H and O–H groups in total. The predicted octanol–water partition coefficient (Wildman–Crippen LogP) is 3.74. The molecule has 2 heterocycles. The largest absolute Gasteiger partial charge is 0.383 e. The van der Waals surface area contributed by atoms with Crippen molar-refractivity contribution in [2.45, 2.75) is 0 Å². The fourth-order valence-corrected chi connectivity index (χ4v) is 2.91. The SMILES string of the molecule is Nc1n[nH]c2c1c(N)nc1cc(F)cc(-c3ccc(Cl)cc3)c12. The summed E-state index contributed by atoms with van der Waals surface area (Å²) in [5, 5.41) is 8.72. The fourth-order valence-electron chi connectivity index (χ4n) is 2.78. The number of nitrogens with zero attached hydrogens (tertiary/aromatic N) is 2. The minimum atomic E-state index is -0.402. The van der Waals surface area contributed by atoms with E-state index in [2.05, 4.69) is 15.2 Å². The molecule has 5 nitrogen and oxygen atoms in total. The Kier molecular flexibility index (Phi) is 2.89. The van der Waals surface area contributed by atoms with Crippen molar-refractivity contribution in [1.82, 2.24) is 15.2 Å². The van der Waals surface area contributed by atoms with Crippen molar-refractivity contribution in [3.8, 4) is 11.1 Å². The maximum Gasteiger partial charge on any atom is 0.156 e. The summed E-state index contributed by atoms with van der Waals surface area (Å²) in [6.07, 6.45) is 0. The Morgan fingerprint density at radius 3 is 2.48 bits per heavy atom. The number of nitrogens with two attached hydrogens (primary N) is 2. The number of rotatable bonds is 1. The van der Waals surface area contributed by atoms with Crippen LogP contribution in [0.3, 0.4) is 0 Å². The minimum absolute atomic E-state index is 0.214. The van der Waals surface area contributed by atoms with E-state index in [0.717, 1.165) is 5.56 Å². The quantitative estimate of drug-likeness (QED) is 0.496. The maximum atomic E-state index is 14.0. The van der Waals surface area contributed by atoms with Crippen LogP contribution in [0.5, 0.6) is 0 Å². The highest BCUT2D eigenvalue weighted by Gasteiger charge is 2.17. The lowest BCUT2D eigenvalue weighted by Gasteiger charge is -2.09. The van der Waals surface area contributed by atoms with Crippen molar-refractivity contribution in [1.29, 1.82) is 0 Å². The number of hydrogen-bond acceptors (Lipinski definition) is 4. The molecule has 0 saturated heterocycles.